The Bertz CT molecular complexity index is 976. The van der Waals surface area contributed by atoms with E-state index in [-0.39, 0.29) is 5.69 Å². The van der Waals surface area contributed by atoms with Crippen molar-refractivity contribution in [1.29, 1.82) is 0 Å². The van der Waals surface area contributed by atoms with Gasteiger partial charge in [0, 0.05) is 17.8 Å². The van der Waals surface area contributed by atoms with E-state index in [1.54, 1.807) is 12.1 Å². The highest BCUT2D eigenvalue weighted by molar-refractivity contribution is 6.32. The molecular weight excluding hydrogens is 380 g/mol. The largest absolute Gasteiger partial charge is 0.495 e. The number of halogens is 1. The normalized spacial score (nSPS) is 10.3. The molecule has 0 saturated carbocycles. The van der Waals surface area contributed by atoms with E-state index in [9.17, 15) is 4.79 Å². The van der Waals surface area contributed by atoms with Crippen molar-refractivity contribution >= 4 is 34.7 Å². The molecule has 1 aromatic heterocycles. The average molecular weight is 399 g/mol. The van der Waals surface area contributed by atoms with E-state index in [0.29, 0.717) is 28.0 Å². The lowest BCUT2D eigenvalue weighted by Crippen LogP contribution is -2.15. The molecule has 0 aliphatic carbocycles. The molecular formula is C20H19ClN4O3. The second kappa shape index (κ2) is 8.58. The number of carbonyl (C=O) groups is 1. The van der Waals surface area contributed by atoms with Crippen molar-refractivity contribution < 1.29 is 14.3 Å². The molecule has 28 heavy (non-hydrogen) atoms. The van der Waals surface area contributed by atoms with E-state index in [0.717, 1.165) is 11.3 Å². The van der Waals surface area contributed by atoms with Crippen LogP contribution in [-0.2, 0) is 0 Å². The van der Waals surface area contributed by atoms with Crippen LogP contribution in [-0.4, -0.2) is 30.1 Å². The molecule has 1 amide bonds. The number of nitrogens with zero attached hydrogens (tertiary/aromatic N) is 2. The first-order valence-electron chi connectivity index (χ1n) is 8.38. The quantitative estimate of drug-likeness (QED) is 0.638. The molecule has 0 radical (unpaired) electrons. The smallest absolute Gasteiger partial charge is 0.275 e. The predicted molar refractivity (Wildman–Crippen MR) is 109 cm³/mol. The zero-order valence-corrected chi connectivity index (χ0v) is 16.4. The molecule has 2 N–H and O–H groups in total. The van der Waals surface area contributed by atoms with Crippen LogP contribution in [0.5, 0.6) is 11.5 Å². The summed E-state index contributed by atoms with van der Waals surface area (Å²) in [6.07, 6.45) is 2.89. The van der Waals surface area contributed by atoms with Gasteiger partial charge in [-0.2, -0.15) is 0 Å². The van der Waals surface area contributed by atoms with E-state index >= 15 is 0 Å². The summed E-state index contributed by atoms with van der Waals surface area (Å²) in [6, 6.07) is 11.0. The molecule has 8 heteroatoms. The van der Waals surface area contributed by atoms with Crippen LogP contribution in [0, 0.1) is 6.92 Å². The Morgan fingerprint density at radius 2 is 1.71 bits per heavy atom. The Hall–Kier alpha value is -3.32. The van der Waals surface area contributed by atoms with Gasteiger partial charge >= 0.3 is 0 Å². The summed E-state index contributed by atoms with van der Waals surface area (Å²) >= 11 is 6.08. The van der Waals surface area contributed by atoms with Gasteiger partial charge in [-0.05, 0) is 19.1 Å². The van der Waals surface area contributed by atoms with Crippen molar-refractivity contribution in [2.24, 2.45) is 0 Å². The average Bonchev–Trinajstić information content (AvgIpc) is 2.71. The fourth-order valence-electron chi connectivity index (χ4n) is 2.44. The molecule has 0 aliphatic rings. The van der Waals surface area contributed by atoms with E-state index in [1.165, 1.54) is 26.6 Å². The summed E-state index contributed by atoms with van der Waals surface area (Å²) < 4.78 is 10.4. The van der Waals surface area contributed by atoms with Crippen molar-refractivity contribution in [3.05, 3.63) is 65.1 Å². The van der Waals surface area contributed by atoms with E-state index in [2.05, 4.69) is 20.6 Å². The van der Waals surface area contributed by atoms with Crippen molar-refractivity contribution in [3.63, 3.8) is 0 Å². The van der Waals surface area contributed by atoms with Crippen LogP contribution < -0.4 is 20.1 Å². The van der Waals surface area contributed by atoms with Crippen LogP contribution in [0.2, 0.25) is 5.02 Å². The maximum atomic E-state index is 12.5. The van der Waals surface area contributed by atoms with Gasteiger partial charge in [-0.3, -0.25) is 4.79 Å². The summed E-state index contributed by atoms with van der Waals surface area (Å²) in [5.41, 5.74) is 2.62. The molecule has 144 valence electrons. The van der Waals surface area contributed by atoms with Gasteiger partial charge in [-0.25, -0.2) is 9.97 Å². The van der Waals surface area contributed by atoms with Crippen molar-refractivity contribution in [2.75, 3.05) is 24.9 Å². The number of methoxy groups -OCH3 is 2. The third-order valence-electron chi connectivity index (χ3n) is 3.93. The zero-order valence-electron chi connectivity index (χ0n) is 15.6. The SMILES string of the molecule is COc1cc(NC(=O)c2cnc(Nc3ccc(C)cc3)cn2)c(OC)cc1Cl. The second-order valence-electron chi connectivity index (χ2n) is 5.92. The number of aryl methyl sites for hydroxylation is 1. The minimum absolute atomic E-state index is 0.158. The molecule has 0 atom stereocenters. The lowest BCUT2D eigenvalue weighted by atomic mass is 10.2. The second-order valence-corrected chi connectivity index (χ2v) is 6.33. The van der Waals surface area contributed by atoms with Gasteiger partial charge in [-0.1, -0.05) is 29.3 Å². The number of hydrogen-bond donors (Lipinski definition) is 2. The molecule has 0 aliphatic heterocycles. The number of hydrogen-bond acceptors (Lipinski definition) is 6. The Morgan fingerprint density at radius 1 is 1.00 bits per heavy atom. The Morgan fingerprint density at radius 3 is 2.32 bits per heavy atom. The van der Waals surface area contributed by atoms with E-state index in [4.69, 9.17) is 21.1 Å². The van der Waals surface area contributed by atoms with Gasteiger partial charge in [0.2, 0.25) is 0 Å². The lowest BCUT2D eigenvalue weighted by Gasteiger charge is -2.13. The molecule has 0 spiro atoms. The number of aromatic nitrogens is 2. The fraction of sp³-hybridized carbons (Fsp3) is 0.150. The maximum absolute atomic E-state index is 12.5. The number of benzene rings is 2. The standard InChI is InChI=1S/C20H19ClN4O3/c1-12-4-6-13(7-5-12)24-19-11-22-16(10-23-19)20(26)25-15-9-17(27-2)14(21)8-18(15)28-3/h4-11H,1-3H3,(H,23,24)(H,25,26). The first-order valence-corrected chi connectivity index (χ1v) is 8.76. The molecule has 1 heterocycles. The minimum Gasteiger partial charge on any atom is -0.495 e. The van der Waals surface area contributed by atoms with Crippen LogP contribution in [0.15, 0.2) is 48.8 Å². The van der Waals surface area contributed by atoms with Crippen LogP contribution in [0.1, 0.15) is 16.1 Å². The van der Waals surface area contributed by atoms with Gasteiger partial charge in [0.25, 0.3) is 5.91 Å². The highest BCUT2D eigenvalue weighted by Gasteiger charge is 2.15. The monoisotopic (exact) mass is 398 g/mol. The number of amides is 1. The molecule has 0 bridgehead atoms. The van der Waals surface area contributed by atoms with Gasteiger partial charge in [-0.15, -0.1) is 0 Å². The third kappa shape index (κ3) is 4.50. The van der Waals surface area contributed by atoms with Crippen molar-refractivity contribution in [1.82, 2.24) is 9.97 Å². The topological polar surface area (TPSA) is 85.4 Å². The molecule has 7 nitrogen and oxygen atoms in total. The van der Waals surface area contributed by atoms with Crippen LogP contribution in [0.4, 0.5) is 17.2 Å². The highest BCUT2D eigenvalue weighted by atomic mass is 35.5. The van der Waals surface area contributed by atoms with Gasteiger partial charge in [0.05, 0.1) is 37.3 Å². The van der Waals surface area contributed by atoms with E-state index in [1.807, 2.05) is 31.2 Å². The van der Waals surface area contributed by atoms with Crippen LogP contribution in [0.3, 0.4) is 0 Å². The van der Waals surface area contributed by atoms with Crippen molar-refractivity contribution in [3.8, 4) is 11.5 Å². The number of anilines is 3. The molecule has 3 aromatic rings. The molecule has 0 fully saturated rings. The number of rotatable bonds is 6. The summed E-state index contributed by atoms with van der Waals surface area (Å²) in [5.74, 6) is 0.925. The van der Waals surface area contributed by atoms with Crippen molar-refractivity contribution in [2.45, 2.75) is 6.92 Å². The van der Waals surface area contributed by atoms with Gasteiger partial charge in [0.15, 0.2) is 0 Å². The Balaban J connectivity index is 1.74. The zero-order chi connectivity index (χ0) is 20.1. The van der Waals surface area contributed by atoms with Gasteiger partial charge < -0.3 is 20.1 Å². The number of carbonyl (C=O) groups excluding carboxylic acids is 1. The van der Waals surface area contributed by atoms with Crippen LogP contribution in [0.25, 0.3) is 0 Å². The van der Waals surface area contributed by atoms with Crippen LogP contribution >= 0.6 is 11.6 Å². The summed E-state index contributed by atoms with van der Waals surface area (Å²) in [7, 11) is 2.98. The highest BCUT2D eigenvalue weighted by Crippen LogP contribution is 2.36. The summed E-state index contributed by atoms with van der Waals surface area (Å²) in [6.45, 7) is 2.02. The number of nitrogens with one attached hydrogen (secondary N) is 2. The van der Waals surface area contributed by atoms with Gasteiger partial charge in [0.1, 0.15) is 23.0 Å². The molecule has 0 saturated heterocycles. The Labute approximate surface area is 167 Å². The fourth-order valence-corrected chi connectivity index (χ4v) is 2.67. The molecule has 2 aromatic carbocycles. The first-order chi connectivity index (χ1) is 13.5. The molecule has 3 rings (SSSR count). The summed E-state index contributed by atoms with van der Waals surface area (Å²) in [5, 5.41) is 6.24. The van der Waals surface area contributed by atoms with E-state index < -0.39 is 5.91 Å². The third-order valence-corrected chi connectivity index (χ3v) is 4.23. The maximum Gasteiger partial charge on any atom is 0.275 e. The predicted octanol–water partition coefficient (Wildman–Crippen LogP) is 4.45. The number of ether oxygens (including phenoxy) is 2. The molecule has 0 unspecified atom stereocenters. The first kappa shape index (κ1) is 19.4. The minimum atomic E-state index is -0.433. The lowest BCUT2D eigenvalue weighted by molar-refractivity contribution is 0.102. The summed E-state index contributed by atoms with van der Waals surface area (Å²) in [4.78, 5) is 20.9. The Kier molecular flexibility index (Phi) is 5.96.